The molecular weight excluding hydrogens is 259 g/mol. The summed E-state index contributed by atoms with van der Waals surface area (Å²) in [5.41, 5.74) is 4.79. The predicted molar refractivity (Wildman–Crippen MR) is 63.4 cm³/mol. The molecule has 19 heavy (non-hydrogen) atoms. The van der Waals surface area contributed by atoms with Crippen LogP contribution in [0.15, 0.2) is 18.5 Å². The van der Waals surface area contributed by atoms with E-state index in [1.54, 1.807) is 4.90 Å². The molecule has 1 aliphatic heterocycles. The molecule has 0 bridgehead atoms. The summed E-state index contributed by atoms with van der Waals surface area (Å²) in [6.45, 7) is 1.15. The second-order valence-corrected chi connectivity index (χ2v) is 4.70. The first-order valence-electron chi connectivity index (χ1n) is 5.92. The van der Waals surface area contributed by atoms with E-state index >= 15 is 0 Å². The standard InChI is InChI=1S/C12H14F3N3O/c13-12(14,15)9-4-10(6-17-5-9)18-2-1-8(7-18)3-11(16)19/h4-6,8H,1-3,7H2,(H2,16,19)/t8-/m1/s1. The highest BCUT2D eigenvalue weighted by Gasteiger charge is 2.32. The molecule has 0 aliphatic carbocycles. The first-order chi connectivity index (χ1) is 8.86. The van der Waals surface area contributed by atoms with Crippen LogP contribution >= 0.6 is 0 Å². The van der Waals surface area contributed by atoms with Crippen molar-refractivity contribution in [3.05, 3.63) is 24.0 Å². The fourth-order valence-corrected chi connectivity index (χ4v) is 2.27. The molecule has 1 aromatic rings. The minimum absolute atomic E-state index is 0.104. The molecule has 0 aromatic carbocycles. The Morgan fingerprint density at radius 3 is 2.84 bits per heavy atom. The van der Waals surface area contributed by atoms with Gasteiger partial charge in [-0.1, -0.05) is 0 Å². The number of amides is 1. The Morgan fingerprint density at radius 2 is 2.21 bits per heavy atom. The zero-order valence-electron chi connectivity index (χ0n) is 10.2. The van der Waals surface area contributed by atoms with Crippen LogP contribution in [0.2, 0.25) is 0 Å². The third-order valence-corrected chi connectivity index (χ3v) is 3.19. The Bertz CT molecular complexity index is 476. The van der Waals surface area contributed by atoms with Crippen molar-refractivity contribution in [3.8, 4) is 0 Å². The van der Waals surface area contributed by atoms with Crippen molar-refractivity contribution in [2.75, 3.05) is 18.0 Å². The number of anilines is 1. The van der Waals surface area contributed by atoms with E-state index in [0.717, 1.165) is 18.7 Å². The second-order valence-electron chi connectivity index (χ2n) is 4.70. The first-order valence-corrected chi connectivity index (χ1v) is 5.92. The van der Waals surface area contributed by atoms with Crippen LogP contribution in [0.3, 0.4) is 0 Å². The molecule has 1 aromatic heterocycles. The van der Waals surface area contributed by atoms with E-state index in [0.29, 0.717) is 18.8 Å². The highest BCUT2D eigenvalue weighted by atomic mass is 19.4. The fourth-order valence-electron chi connectivity index (χ4n) is 2.27. The van der Waals surface area contributed by atoms with Gasteiger partial charge in [0.15, 0.2) is 0 Å². The number of hydrogen-bond donors (Lipinski definition) is 1. The summed E-state index contributed by atoms with van der Waals surface area (Å²) in [4.78, 5) is 16.3. The molecule has 1 saturated heterocycles. The Kier molecular flexibility index (Phi) is 3.64. The van der Waals surface area contributed by atoms with E-state index in [9.17, 15) is 18.0 Å². The molecule has 0 unspecified atom stereocenters. The lowest BCUT2D eigenvalue weighted by atomic mass is 10.1. The molecule has 0 saturated carbocycles. The molecule has 104 valence electrons. The zero-order chi connectivity index (χ0) is 14.0. The molecule has 2 rings (SSSR count). The van der Waals surface area contributed by atoms with Crippen LogP contribution in [0.4, 0.5) is 18.9 Å². The lowest BCUT2D eigenvalue weighted by Gasteiger charge is -2.19. The molecule has 1 atom stereocenters. The third kappa shape index (κ3) is 3.36. The van der Waals surface area contributed by atoms with Crippen molar-refractivity contribution in [2.45, 2.75) is 19.0 Å². The average Bonchev–Trinajstić information content (AvgIpc) is 2.76. The SMILES string of the molecule is NC(=O)C[C@H]1CCN(c2cncc(C(F)(F)F)c2)C1. The average molecular weight is 273 g/mol. The Morgan fingerprint density at radius 1 is 1.47 bits per heavy atom. The van der Waals surface area contributed by atoms with Crippen molar-refractivity contribution in [1.82, 2.24) is 4.98 Å². The summed E-state index contributed by atoms with van der Waals surface area (Å²) in [5, 5.41) is 0. The number of carbonyl (C=O) groups is 1. The van der Waals surface area contributed by atoms with Crippen LogP contribution < -0.4 is 10.6 Å². The van der Waals surface area contributed by atoms with Crippen LogP contribution in [0, 0.1) is 5.92 Å². The van der Waals surface area contributed by atoms with E-state index < -0.39 is 11.7 Å². The molecule has 7 heteroatoms. The maximum atomic E-state index is 12.6. The molecule has 2 N–H and O–H groups in total. The van der Waals surface area contributed by atoms with E-state index in [2.05, 4.69) is 4.98 Å². The van der Waals surface area contributed by atoms with Gasteiger partial charge in [0.2, 0.25) is 5.91 Å². The predicted octanol–water partition coefficient (Wildman–Crippen LogP) is 1.80. The van der Waals surface area contributed by atoms with Crippen molar-refractivity contribution in [2.24, 2.45) is 11.7 Å². The van der Waals surface area contributed by atoms with Gasteiger partial charge in [-0.3, -0.25) is 9.78 Å². The van der Waals surface area contributed by atoms with Gasteiger partial charge >= 0.3 is 6.18 Å². The van der Waals surface area contributed by atoms with E-state index in [1.165, 1.54) is 6.20 Å². The topological polar surface area (TPSA) is 59.2 Å². The summed E-state index contributed by atoms with van der Waals surface area (Å²) >= 11 is 0. The van der Waals surface area contributed by atoms with Crippen molar-refractivity contribution in [3.63, 3.8) is 0 Å². The Balaban J connectivity index is 2.09. The fraction of sp³-hybridized carbons (Fsp3) is 0.500. The molecule has 1 fully saturated rings. The van der Waals surface area contributed by atoms with Crippen molar-refractivity contribution in [1.29, 1.82) is 0 Å². The van der Waals surface area contributed by atoms with Gasteiger partial charge in [-0.15, -0.1) is 0 Å². The zero-order valence-corrected chi connectivity index (χ0v) is 10.2. The van der Waals surface area contributed by atoms with Gasteiger partial charge in [0.05, 0.1) is 17.4 Å². The number of nitrogens with zero attached hydrogens (tertiary/aromatic N) is 2. The molecule has 0 radical (unpaired) electrons. The summed E-state index contributed by atoms with van der Waals surface area (Å²) in [7, 11) is 0. The maximum absolute atomic E-state index is 12.6. The summed E-state index contributed by atoms with van der Waals surface area (Å²) in [5.74, 6) is -0.277. The molecule has 1 aliphatic rings. The molecule has 2 heterocycles. The van der Waals surface area contributed by atoms with Gasteiger partial charge < -0.3 is 10.6 Å². The minimum atomic E-state index is -4.39. The number of alkyl halides is 3. The van der Waals surface area contributed by atoms with Gasteiger partial charge in [0.1, 0.15) is 0 Å². The number of pyridine rings is 1. The van der Waals surface area contributed by atoms with E-state index in [1.807, 2.05) is 0 Å². The maximum Gasteiger partial charge on any atom is 0.417 e. The Hall–Kier alpha value is -1.79. The molecule has 0 spiro atoms. The van der Waals surface area contributed by atoms with Gasteiger partial charge in [0.25, 0.3) is 0 Å². The minimum Gasteiger partial charge on any atom is -0.370 e. The normalized spacial score (nSPS) is 19.7. The highest BCUT2D eigenvalue weighted by molar-refractivity contribution is 5.74. The quantitative estimate of drug-likeness (QED) is 0.913. The summed E-state index contributed by atoms with van der Waals surface area (Å²) < 4.78 is 37.8. The third-order valence-electron chi connectivity index (χ3n) is 3.19. The smallest absolute Gasteiger partial charge is 0.370 e. The number of halogens is 3. The largest absolute Gasteiger partial charge is 0.417 e. The molecular formula is C12H14F3N3O. The number of primary amides is 1. The molecule has 1 amide bonds. The summed E-state index contributed by atoms with van der Waals surface area (Å²) in [6.07, 6.45) is -1.17. The molecule has 4 nitrogen and oxygen atoms in total. The van der Waals surface area contributed by atoms with Crippen LogP contribution in [-0.2, 0) is 11.0 Å². The monoisotopic (exact) mass is 273 g/mol. The van der Waals surface area contributed by atoms with Crippen molar-refractivity contribution >= 4 is 11.6 Å². The van der Waals surface area contributed by atoms with E-state index in [4.69, 9.17) is 5.73 Å². The van der Waals surface area contributed by atoms with E-state index in [-0.39, 0.29) is 18.2 Å². The first kappa shape index (κ1) is 13.6. The van der Waals surface area contributed by atoms with Crippen LogP contribution in [0.1, 0.15) is 18.4 Å². The summed E-state index contributed by atoms with van der Waals surface area (Å²) in [6, 6.07) is 1.08. The number of aromatic nitrogens is 1. The van der Waals surface area contributed by atoms with Crippen molar-refractivity contribution < 1.29 is 18.0 Å². The van der Waals surface area contributed by atoms with Crippen LogP contribution in [0.5, 0.6) is 0 Å². The van der Waals surface area contributed by atoms with Crippen LogP contribution in [0.25, 0.3) is 0 Å². The number of carbonyl (C=O) groups excluding carboxylic acids is 1. The number of nitrogens with two attached hydrogens (primary N) is 1. The lowest BCUT2D eigenvalue weighted by molar-refractivity contribution is -0.137. The second kappa shape index (κ2) is 5.07. The van der Waals surface area contributed by atoms with Gasteiger partial charge in [-0.05, 0) is 18.4 Å². The van der Waals surface area contributed by atoms with Crippen LogP contribution in [-0.4, -0.2) is 24.0 Å². The number of hydrogen-bond acceptors (Lipinski definition) is 3. The number of rotatable bonds is 3. The lowest BCUT2D eigenvalue weighted by Crippen LogP contribution is -2.22. The van der Waals surface area contributed by atoms with Gasteiger partial charge in [-0.25, -0.2) is 0 Å². The van der Waals surface area contributed by atoms with Gasteiger partial charge in [0, 0.05) is 25.7 Å². The highest BCUT2D eigenvalue weighted by Crippen LogP contribution is 2.32. The Labute approximate surface area is 108 Å². The van der Waals surface area contributed by atoms with Gasteiger partial charge in [-0.2, -0.15) is 13.2 Å².